The van der Waals surface area contributed by atoms with Crippen LogP contribution in [0.3, 0.4) is 0 Å². The summed E-state index contributed by atoms with van der Waals surface area (Å²) in [5.41, 5.74) is 0. The zero-order valence-electron chi connectivity index (χ0n) is 7.80. The highest BCUT2D eigenvalue weighted by Crippen LogP contribution is 2.00. The van der Waals surface area contributed by atoms with E-state index in [-0.39, 0.29) is 0 Å². The largest absolute Gasteiger partial charge is 0.379 e. The molecule has 5 heteroatoms. The number of ether oxygens (including phenoxy) is 3. The highest BCUT2D eigenvalue weighted by molar-refractivity contribution is 6.44. The number of hydrogen-bond donors (Lipinski definition) is 0. The van der Waals surface area contributed by atoms with Crippen molar-refractivity contribution in [3.63, 3.8) is 0 Å². The Morgan fingerprint density at radius 2 is 1.46 bits per heavy atom. The van der Waals surface area contributed by atoms with Crippen LogP contribution < -0.4 is 0 Å². The average Bonchev–Trinajstić information content (AvgIpc) is 2.09. The Morgan fingerprint density at radius 3 is 2.00 bits per heavy atom. The molecule has 0 heterocycles. The van der Waals surface area contributed by atoms with Gasteiger partial charge in [-0.3, -0.25) is 0 Å². The second-order valence-electron chi connectivity index (χ2n) is 2.28. The smallest absolute Gasteiger partial charge is 0.131 e. The number of halogens is 2. The molecule has 0 atom stereocenters. The lowest BCUT2D eigenvalue weighted by Crippen LogP contribution is -2.11. The maximum atomic E-state index is 5.44. The molecule has 0 aromatic carbocycles. The molecule has 3 nitrogen and oxygen atoms in total. The summed E-state index contributed by atoms with van der Waals surface area (Å²) in [4.78, 5) is -0.455. The monoisotopic (exact) mass is 230 g/mol. The van der Waals surface area contributed by atoms with E-state index in [1.165, 1.54) is 0 Å². The quantitative estimate of drug-likeness (QED) is 0.447. The van der Waals surface area contributed by atoms with E-state index < -0.39 is 4.84 Å². The molecule has 0 aliphatic rings. The summed E-state index contributed by atoms with van der Waals surface area (Å²) in [7, 11) is 0. The van der Waals surface area contributed by atoms with E-state index >= 15 is 0 Å². The van der Waals surface area contributed by atoms with Crippen LogP contribution >= 0.6 is 23.2 Å². The lowest BCUT2D eigenvalue weighted by atomic mass is 10.7. The van der Waals surface area contributed by atoms with Gasteiger partial charge < -0.3 is 14.2 Å². The van der Waals surface area contributed by atoms with Crippen molar-refractivity contribution in [2.75, 3.05) is 39.6 Å². The van der Waals surface area contributed by atoms with Gasteiger partial charge in [0.05, 0.1) is 33.0 Å². The van der Waals surface area contributed by atoms with Crippen molar-refractivity contribution in [3.05, 3.63) is 0 Å². The molecule has 0 aliphatic heterocycles. The predicted octanol–water partition coefficient (Wildman–Crippen LogP) is 1.86. The van der Waals surface area contributed by atoms with Crippen molar-refractivity contribution in [1.29, 1.82) is 0 Å². The van der Waals surface area contributed by atoms with Gasteiger partial charge in [0, 0.05) is 6.61 Å². The Balaban J connectivity index is 2.84. The summed E-state index contributed by atoms with van der Waals surface area (Å²) in [5, 5.41) is 0. The van der Waals surface area contributed by atoms with Gasteiger partial charge in [-0.15, -0.1) is 23.2 Å². The third kappa shape index (κ3) is 12.5. The van der Waals surface area contributed by atoms with Gasteiger partial charge in [0.1, 0.15) is 4.84 Å². The van der Waals surface area contributed by atoms with Crippen molar-refractivity contribution in [1.82, 2.24) is 0 Å². The lowest BCUT2D eigenvalue weighted by molar-refractivity contribution is 0.0189. The average molecular weight is 231 g/mol. The van der Waals surface area contributed by atoms with Gasteiger partial charge in [0.2, 0.25) is 0 Å². The molecular formula is C8H16Cl2O3. The van der Waals surface area contributed by atoms with E-state index in [1.54, 1.807) is 0 Å². The Bertz CT molecular complexity index is 101. The normalized spacial score (nSPS) is 11.1. The van der Waals surface area contributed by atoms with Crippen LogP contribution in [0.25, 0.3) is 0 Å². The summed E-state index contributed by atoms with van der Waals surface area (Å²) in [6, 6.07) is 0. The first-order valence-corrected chi connectivity index (χ1v) is 5.16. The lowest BCUT2D eigenvalue weighted by Gasteiger charge is -2.05. The highest BCUT2D eigenvalue weighted by atomic mass is 35.5. The maximum Gasteiger partial charge on any atom is 0.131 e. The van der Waals surface area contributed by atoms with Gasteiger partial charge in [-0.1, -0.05) is 0 Å². The molecule has 0 unspecified atom stereocenters. The zero-order chi connectivity index (χ0) is 9.94. The molecular weight excluding hydrogens is 215 g/mol. The van der Waals surface area contributed by atoms with Crippen LogP contribution in [-0.4, -0.2) is 44.5 Å². The molecule has 0 bridgehead atoms. The standard InChI is InChI=1S/C8H16Cl2O3/c1-2-11-3-4-12-5-6-13-7-8(9)10/h8H,2-7H2,1H3. The van der Waals surface area contributed by atoms with Crippen molar-refractivity contribution in [2.24, 2.45) is 0 Å². The van der Waals surface area contributed by atoms with Crippen LogP contribution in [0, 0.1) is 0 Å². The molecule has 80 valence electrons. The molecule has 0 aliphatic carbocycles. The number of hydrogen-bond acceptors (Lipinski definition) is 3. The van der Waals surface area contributed by atoms with E-state index in [0.717, 1.165) is 6.61 Å². The van der Waals surface area contributed by atoms with Gasteiger partial charge in [-0.25, -0.2) is 0 Å². The Kier molecular flexibility index (Phi) is 10.9. The minimum Gasteiger partial charge on any atom is -0.379 e. The zero-order valence-corrected chi connectivity index (χ0v) is 9.31. The van der Waals surface area contributed by atoms with E-state index in [4.69, 9.17) is 37.4 Å². The third-order valence-electron chi connectivity index (χ3n) is 1.19. The molecule has 0 radical (unpaired) electrons. The van der Waals surface area contributed by atoms with Crippen molar-refractivity contribution < 1.29 is 14.2 Å². The first-order chi connectivity index (χ1) is 6.27. The molecule has 0 rings (SSSR count). The Labute approximate surface area is 89.2 Å². The van der Waals surface area contributed by atoms with E-state index in [9.17, 15) is 0 Å². The van der Waals surface area contributed by atoms with Crippen molar-refractivity contribution in [3.8, 4) is 0 Å². The van der Waals surface area contributed by atoms with Gasteiger partial charge >= 0.3 is 0 Å². The third-order valence-corrected chi connectivity index (χ3v) is 1.44. The predicted molar refractivity (Wildman–Crippen MR) is 53.6 cm³/mol. The number of alkyl halides is 2. The molecule has 0 spiro atoms. The fourth-order valence-electron chi connectivity index (χ4n) is 0.655. The molecule has 0 N–H and O–H groups in total. The Hall–Kier alpha value is 0.460. The van der Waals surface area contributed by atoms with Crippen LogP contribution in [0.2, 0.25) is 0 Å². The first kappa shape index (κ1) is 13.5. The fourth-order valence-corrected chi connectivity index (χ4v) is 0.833. The van der Waals surface area contributed by atoms with Crippen LogP contribution in [-0.2, 0) is 14.2 Å². The maximum absolute atomic E-state index is 5.44. The minimum absolute atomic E-state index is 0.345. The van der Waals surface area contributed by atoms with Gasteiger partial charge in [0.15, 0.2) is 0 Å². The van der Waals surface area contributed by atoms with Gasteiger partial charge in [0.25, 0.3) is 0 Å². The highest BCUT2D eigenvalue weighted by Gasteiger charge is 1.97. The second-order valence-corrected chi connectivity index (χ2v) is 3.55. The Morgan fingerprint density at radius 1 is 0.923 bits per heavy atom. The van der Waals surface area contributed by atoms with Crippen LogP contribution in [0.5, 0.6) is 0 Å². The summed E-state index contributed by atoms with van der Waals surface area (Å²) in [5.74, 6) is 0. The molecule has 13 heavy (non-hydrogen) atoms. The summed E-state index contributed by atoms with van der Waals surface area (Å²) < 4.78 is 15.3. The topological polar surface area (TPSA) is 27.7 Å². The SMILES string of the molecule is CCOCCOCCOCC(Cl)Cl. The summed E-state index contributed by atoms with van der Waals surface area (Å²) in [6.07, 6.45) is 0. The van der Waals surface area contributed by atoms with E-state index in [0.29, 0.717) is 33.0 Å². The molecule has 0 saturated heterocycles. The van der Waals surface area contributed by atoms with Crippen molar-refractivity contribution in [2.45, 2.75) is 11.8 Å². The molecule has 0 fully saturated rings. The molecule has 0 saturated carbocycles. The summed E-state index contributed by atoms with van der Waals surface area (Å²) >= 11 is 10.9. The fraction of sp³-hybridized carbons (Fsp3) is 1.00. The summed E-state index contributed by atoms with van der Waals surface area (Å²) in [6.45, 7) is 5.31. The number of rotatable bonds is 9. The molecule has 0 amide bonds. The van der Waals surface area contributed by atoms with E-state index in [2.05, 4.69) is 0 Å². The first-order valence-electron chi connectivity index (χ1n) is 4.28. The molecule has 0 aromatic rings. The van der Waals surface area contributed by atoms with E-state index in [1.807, 2.05) is 6.92 Å². The van der Waals surface area contributed by atoms with Crippen LogP contribution in [0.15, 0.2) is 0 Å². The van der Waals surface area contributed by atoms with Crippen LogP contribution in [0.4, 0.5) is 0 Å². The van der Waals surface area contributed by atoms with Gasteiger partial charge in [-0.2, -0.15) is 0 Å². The van der Waals surface area contributed by atoms with Crippen molar-refractivity contribution >= 4 is 23.2 Å². The second kappa shape index (κ2) is 10.5. The van der Waals surface area contributed by atoms with Crippen LogP contribution in [0.1, 0.15) is 6.92 Å². The van der Waals surface area contributed by atoms with Gasteiger partial charge in [-0.05, 0) is 6.92 Å². The molecule has 0 aromatic heterocycles. The minimum atomic E-state index is -0.455.